The standard InChI is InChI=1S/C27H20N2/c1-19-14-16-22(17-15-19)27-28-25(21-9-3-2-4-10-21)18-26(29-27)24-13-7-11-20-8-5-6-12-23(20)24/h2-18H,1H3. The molecule has 0 atom stereocenters. The van der Waals surface area contributed by atoms with Crippen LogP contribution in [0.25, 0.3) is 44.7 Å². The molecule has 138 valence electrons. The van der Waals surface area contributed by atoms with Crippen LogP contribution in [0.3, 0.4) is 0 Å². The van der Waals surface area contributed by atoms with Crippen molar-refractivity contribution in [2.45, 2.75) is 6.92 Å². The van der Waals surface area contributed by atoms with Crippen LogP contribution in [0.2, 0.25) is 0 Å². The zero-order valence-corrected chi connectivity index (χ0v) is 16.2. The molecule has 4 aromatic carbocycles. The van der Waals surface area contributed by atoms with Crippen LogP contribution in [0.4, 0.5) is 0 Å². The lowest BCUT2D eigenvalue weighted by atomic mass is 10.0. The number of fused-ring (bicyclic) bond motifs is 1. The average molecular weight is 372 g/mol. The number of aryl methyl sites for hydroxylation is 1. The molecule has 0 spiro atoms. The van der Waals surface area contributed by atoms with Crippen molar-refractivity contribution < 1.29 is 0 Å². The molecule has 0 saturated carbocycles. The Labute approximate surface area is 170 Å². The maximum absolute atomic E-state index is 4.97. The van der Waals surface area contributed by atoms with Crippen LogP contribution >= 0.6 is 0 Å². The molecule has 5 rings (SSSR count). The van der Waals surface area contributed by atoms with Crippen molar-refractivity contribution in [3.8, 4) is 33.9 Å². The van der Waals surface area contributed by atoms with Gasteiger partial charge in [0.25, 0.3) is 0 Å². The molecule has 0 fully saturated rings. The molecule has 2 nitrogen and oxygen atoms in total. The highest BCUT2D eigenvalue weighted by Gasteiger charge is 2.12. The first-order valence-corrected chi connectivity index (χ1v) is 9.78. The van der Waals surface area contributed by atoms with E-state index < -0.39 is 0 Å². The van der Waals surface area contributed by atoms with Crippen molar-refractivity contribution in [3.05, 3.63) is 109 Å². The summed E-state index contributed by atoms with van der Waals surface area (Å²) in [5.41, 5.74) is 6.32. The van der Waals surface area contributed by atoms with E-state index in [0.717, 1.165) is 33.9 Å². The number of nitrogens with zero attached hydrogens (tertiary/aromatic N) is 2. The minimum Gasteiger partial charge on any atom is -0.228 e. The van der Waals surface area contributed by atoms with E-state index in [1.165, 1.54) is 16.3 Å². The summed E-state index contributed by atoms with van der Waals surface area (Å²) in [5, 5.41) is 2.41. The predicted octanol–water partition coefficient (Wildman–Crippen LogP) is 6.94. The Kier molecular flexibility index (Phi) is 4.38. The first-order chi connectivity index (χ1) is 14.3. The fourth-order valence-corrected chi connectivity index (χ4v) is 3.62. The third-order valence-corrected chi connectivity index (χ3v) is 5.17. The normalized spacial score (nSPS) is 10.9. The molecule has 0 amide bonds. The average Bonchev–Trinajstić information content (AvgIpc) is 2.79. The largest absolute Gasteiger partial charge is 0.228 e. The molecule has 0 aliphatic carbocycles. The molecule has 1 heterocycles. The van der Waals surface area contributed by atoms with Gasteiger partial charge in [0.2, 0.25) is 0 Å². The highest BCUT2D eigenvalue weighted by molar-refractivity contribution is 5.96. The molecule has 1 aromatic heterocycles. The van der Waals surface area contributed by atoms with Gasteiger partial charge in [0.1, 0.15) is 0 Å². The Morgan fingerprint density at radius 2 is 1.24 bits per heavy atom. The maximum atomic E-state index is 4.97. The van der Waals surface area contributed by atoms with Crippen LogP contribution in [-0.4, -0.2) is 9.97 Å². The number of hydrogen-bond donors (Lipinski definition) is 0. The molecule has 0 N–H and O–H groups in total. The molecule has 0 saturated heterocycles. The number of hydrogen-bond acceptors (Lipinski definition) is 2. The smallest absolute Gasteiger partial charge is 0.160 e. The Morgan fingerprint density at radius 3 is 2.07 bits per heavy atom. The predicted molar refractivity (Wildman–Crippen MR) is 121 cm³/mol. The first kappa shape index (κ1) is 17.3. The highest BCUT2D eigenvalue weighted by atomic mass is 14.9. The van der Waals surface area contributed by atoms with Gasteiger partial charge >= 0.3 is 0 Å². The van der Waals surface area contributed by atoms with E-state index in [1.807, 2.05) is 18.2 Å². The molecular weight excluding hydrogens is 352 g/mol. The lowest BCUT2D eigenvalue weighted by Crippen LogP contribution is -1.96. The van der Waals surface area contributed by atoms with Crippen LogP contribution in [-0.2, 0) is 0 Å². The van der Waals surface area contributed by atoms with Crippen LogP contribution in [0.5, 0.6) is 0 Å². The van der Waals surface area contributed by atoms with Gasteiger partial charge in [0.05, 0.1) is 11.4 Å². The Bertz CT molecular complexity index is 1280. The van der Waals surface area contributed by atoms with Crippen LogP contribution in [0.15, 0.2) is 103 Å². The zero-order valence-electron chi connectivity index (χ0n) is 16.2. The Morgan fingerprint density at radius 1 is 0.552 bits per heavy atom. The minimum atomic E-state index is 0.745. The van der Waals surface area contributed by atoms with Gasteiger partial charge in [0, 0.05) is 16.7 Å². The molecule has 0 bridgehead atoms. The SMILES string of the molecule is Cc1ccc(-c2nc(-c3ccccc3)cc(-c3cccc4ccccc34)n2)cc1. The fraction of sp³-hybridized carbons (Fsp3) is 0.0370. The number of aromatic nitrogens is 2. The van der Waals surface area contributed by atoms with Gasteiger partial charge in [0.15, 0.2) is 5.82 Å². The Balaban J connectivity index is 1.76. The second kappa shape index (κ2) is 7.33. The van der Waals surface area contributed by atoms with Crippen molar-refractivity contribution in [3.63, 3.8) is 0 Å². The van der Waals surface area contributed by atoms with E-state index in [9.17, 15) is 0 Å². The summed E-state index contributed by atoms with van der Waals surface area (Å²) in [4.78, 5) is 9.87. The summed E-state index contributed by atoms with van der Waals surface area (Å²) >= 11 is 0. The van der Waals surface area contributed by atoms with E-state index in [-0.39, 0.29) is 0 Å². The van der Waals surface area contributed by atoms with E-state index in [0.29, 0.717) is 0 Å². The zero-order chi connectivity index (χ0) is 19.6. The summed E-state index contributed by atoms with van der Waals surface area (Å²) in [6.45, 7) is 2.09. The number of benzene rings is 4. The van der Waals surface area contributed by atoms with E-state index in [2.05, 4.69) is 91.9 Å². The summed E-state index contributed by atoms with van der Waals surface area (Å²) in [5.74, 6) is 0.745. The third-order valence-electron chi connectivity index (χ3n) is 5.17. The molecule has 0 aliphatic rings. The summed E-state index contributed by atoms with van der Waals surface area (Å²) < 4.78 is 0. The maximum Gasteiger partial charge on any atom is 0.160 e. The van der Waals surface area contributed by atoms with Crippen molar-refractivity contribution >= 4 is 10.8 Å². The number of rotatable bonds is 3. The van der Waals surface area contributed by atoms with Gasteiger partial charge in [-0.1, -0.05) is 103 Å². The highest BCUT2D eigenvalue weighted by Crippen LogP contribution is 2.31. The topological polar surface area (TPSA) is 25.8 Å². The molecule has 0 unspecified atom stereocenters. The second-order valence-corrected chi connectivity index (χ2v) is 7.22. The molecule has 5 aromatic rings. The summed E-state index contributed by atoms with van der Waals surface area (Å²) in [6.07, 6.45) is 0. The fourth-order valence-electron chi connectivity index (χ4n) is 3.62. The molecule has 0 aliphatic heterocycles. The van der Waals surface area contributed by atoms with Gasteiger partial charge < -0.3 is 0 Å². The Hall–Kier alpha value is -3.78. The van der Waals surface area contributed by atoms with E-state index in [1.54, 1.807) is 0 Å². The third kappa shape index (κ3) is 3.41. The lowest BCUT2D eigenvalue weighted by Gasteiger charge is -2.11. The van der Waals surface area contributed by atoms with Crippen LogP contribution in [0.1, 0.15) is 5.56 Å². The van der Waals surface area contributed by atoms with Crippen molar-refractivity contribution in [1.29, 1.82) is 0 Å². The van der Waals surface area contributed by atoms with Crippen LogP contribution < -0.4 is 0 Å². The molecule has 29 heavy (non-hydrogen) atoms. The monoisotopic (exact) mass is 372 g/mol. The van der Waals surface area contributed by atoms with Gasteiger partial charge in [-0.3, -0.25) is 0 Å². The van der Waals surface area contributed by atoms with E-state index >= 15 is 0 Å². The molecular formula is C27H20N2. The second-order valence-electron chi connectivity index (χ2n) is 7.22. The first-order valence-electron chi connectivity index (χ1n) is 9.78. The molecule has 0 radical (unpaired) electrons. The van der Waals surface area contributed by atoms with Crippen molar-refractivity contribution in [2.24, 2.45) is 0 Å². The van der Waals surface area contributed by atoms with Gasteiger partial charge in [-0.25, -0.2) is 9.97 Å². The minimum absolute atomic E-state index is 0.745. The lowest BCUT2D eigenvalue weighted by molar-refractivity contribution is 1.18. The summed E-state index contributed by atoms with van der Waals surface area (Å²) in [6, 6.07) is 35.6. The van der Waals surface area contributed by atoms with E-state index in [4.69, 9.17) is 9.97 Å². The van der Waals surface area contributed by atoms with Crippen molar-refractivity contribution in [2.75, 3.05) is 0 Å². The quantitative estimate of drug-likeness (QED) is 0.343. The van der Waals surface area contributed by atoms with Crippen LogP contribution in [0, 0.1) is 6.92 Å². The van der Waals surface area contributed by atoms with Gasteiger partial charge in [-0.15, -0.1) is 0 Å². The molecule has 2 heteroatoms. The van der Waals surface area contributed by atoms with Crippen molar-refractivity contribution in [1.82, 2.24) is 9.97 Å². The summed E-state index contributed by atoms with van der Waals surface area (Å²) in [7, 11) is 0. The van der Waals surface area contributed by atoms with Gasteiger partial charge in [-0.2, -0.15) is 0 Å². The van der Waals surface area contributed by atoms with Gasteiger partial charge in [-0.05, 0) is 23.8 Å².